The summed E-state index contributed by atoms with van der Waals surface area (Å²) in [7, 11) is 0. The van der Waals surface area contributed by atoms with E-state index < -0.39 is 45.7 Å². The Kier molecular flexibility index (Phi) is 6.44. The van der Waals surface area contributed by atoms with Gasteiger partial charge in [0.1, 0.15) is 0 Å². The lowest BCUT2D eigenvalue weighted by molar-refractivity contribution is -0.515. The lowest BCUT2D eigenvalue weighted by atomic mass is 10.5. The number of halogens is 16. The van der Waals surface area contributed by atoms with E-state index in [4.69, 9.17) is 0 Å². The molecule has 0 atom stereocenters. The van der Waals surface area contributed by atoms with E-state index in [1.54, 1.807) is 0 Å². The molecular formula is C6Cl2F14N2O. The Hall–Kier alpha value is -0.520. The Bertz CT molecular complexity index is 436. The molecule has 19 heteroatoms. The minimum absolute atomic E-state index is 2.33. The third-order valence-corrected chi connectivity index (χ3v) is 2.40. The maximum Gasteiger partial charge on any atom is 0.490 e. The second-order valence-corrected chi connectivity index (χ2v) is 4.91. The van der Waals surface area contributed by atoms with Crippen molar-refractivity contribution >= 4 is 23.2 Å². The minimum atomic E-state index is -7.08. The molecule has 0 aromatic heterocycles. The summed E-state index contributed by atoms with van der Waals surface area (Å²) in [6, 6.07) is -6.90. The van der Waals surface area contributed by atoms with Gasteiger partial charge >= 0.3 is 35.8 Å². The van der Waals surface area contributed by atoms with Gasteiger partial charge in [-0.25, -0.2) is 4.84 Å². The molecule has 0 aliphatic carbocycles. The monoisotopic (exact) mass is 452 g/mol. The van der Waals surface area contributed by atoms with Crippen LogP contribution in [0.3, 0.4) is 0 Å². The van der Waals surface area contributed by atoms with Crippen molar-refractivity contribution in [3.05, 3.63) is 0 Å². The zero-order valence-electron chi connectivity index (χ0n) is 10.4. The minimum Gasteiger partial charge on any atom is -0.236 e. The molecule has 0 rings (SSSR count). The summed E-state index contributed by atoms with van der Waals surface area (Å²) >= 11 is 8.30. The first-order chi connectivity index (χ1) is 10.5. The van der Waals surface area contributed by atoms with Crippen molar-refractivity contribution in [2.75, 3.05) is 0 Å². The smallest absolute Gasteiger partial charge is 0.236 e. The van der Waals surface area contributed by atoms with Crippen molar-refractivity contribution in [2.45, 2.75) is 35.8 Å². The van der Waals surface area contributed by atoms with E-state index in [9.17, 15) is 61.5 Å². The van der Waals surface area contributed by atoms with Crippen molar-refractivity contribution in [1.82, 2.24) is 9.96 Å². The molecule has 3 nitrogen and oxygen atoms in total. The van der Waals surface area contributed by atoms with Gasteiger partial charge in [0.05, 0.1) is 0 Å². The fourth-order valence-electron chi connectivity index (χ4n) is 1.01. The van der Waals surface area contributed by atoms with Gasteiger partial charge in [-0.2, -0.15) is 61.5 Å². The summed E-state index contributed by atoms with van der Waals surface area (Å²) in [5.41, 5.74) is 0. The van der Waals surface area contributed by atoms with Crippen LogP contribution in [0.1, 0.15) is 0 Å². The molecule has 0 saturated heterocycles. The number of rotatable bonds is 4. The highest BCUT2D eigenvalue weighted by Crippen LogP contribution is 2.52. The third kappa shape index (κ3) is 5.73. The fraction of sp³-hybridized carbons (Fsp3) is 1.00. The van der Waals surface area contributed by atoms with E-state index in [2.05, 4.69) is 28.0 Å². The second-order valence-electron chi connectivity index (χ2n) is 3.65. The topological polar surface area (TPSA) is 15.7 Å². The number of hydrogen-bond acceptors (Lipinski definition) is 3. The first kappa shape index (κ1) is 24.5. The largest absolute Gasteiger partial charge is 0.490 e. The molecule has 0 radical (unpaired) electrons. The van der Waals surface area contributed by atoms with Crippen LogP contribution >= 0.6 is 23.2 Å². The van der Waals surface area contributed by atoms with Gasteiger partial charge in [-0.1, -0.05) is 28.1 Å². The van der Waals surface area contributed by atoms with Crippen molar-refractivity contribution in [2.24, 2.45) is 0 Å². The molecule has 152 valence electrons. The number of hydrogen-bond donors (Lipinski definition) is 0. The summed E-state index contributed by atoms with van der Waals surface area (Å²) in [6.45, 7) is 0. The van der Waals surface area contributed by atoms with Crippen LogP contribution in [0.4, 0.5) is 61.5 Å². The fourth-order valence-corrected chi connectivity index (χ4v) is 1.32. The molecule has 0 aliphatic rings. The summed E-state index contributed by atoms with van der Waals surface area (Å²) < 4.78 is 166. The average molecular weight is 453 g/mol. The highest BCUT2D eigenvalue weighted by Gasteiger charge is 2.75. The van der Waals surface area contributed by atoms with E-state index in [0.717, 1.165) is 0 Å². The molecule has 0 N–H and O–H groups in total. The lowest BCUT2D eigenvalue weighted by Crippen LogP contribution is -2.66. The van der Waals surface area contributed by atoms with Crippen molar-refractivity contribution in [3.63, 3.8) is 0 Å². The molecule has 0 heterocycles. The molecule has 0 aromatic carbocycles. The van der Waals surface area contributed by atoms with Gasteiger partial charge < -0.3 is 0 Å². The van der Waals surface area contributed by atoms with Gasteiger partial charge in [-0.3, -0.25) is 0 Å². The quantitative estimate of drug-likeness (QED) is 0.248. The van der Waals surface area contributed by atoms with Crippen molar-refractivity contribution < 1.29 is 66.3 Å². The number of alkyl halides is 16. The van der Waals surface area contributed by atoms with Crippen LogP contribution in [0.15, 0.2) is 0 Å². The zero-order chi connectivity index (χ0) is 20.9. The molecule has 0 unspecified atom stereocenters. The van der Waals surface area contributed by atoms with Crippen molar-refractivity contribution in [3.8, 4) is 0 Å². The van der Waals surface area contributed by atoms with E-state index in [-0.39, 0.29) is 0 Å². The normalized spacial score (nSPS) is 16.1. The Balaban J connectivity index is 6.11. The zero-order valence-corrected chi connectivity index (χ0v) is 11.9. The standard InChI is InChI=1S/C6Cl2F14N2O/c7-1(8,25-24(5(17,18)19)6(20,21)22)2(9,10)23(3(11,12)13)4(14,15)16. The van der Waals surface area contributed by atoms with Crippen LogP contribution in [0.25, 0.3) is 0 Å². The average Bonchev–Trinajstić information content (AvgIpc) is 2.17. The molecule has 0 saturated carbocycles. The van der Waals surface area contributed by atoms with E-state index in [1.807, 2.05) is 0 Å². The number of hydroxylamine groups is 2. The first-order valence-corrected chi connectivity index (χ1v) is 5.53. The predicted octanol–water partition coefficient (Wildman–Crippen LogP) is 5.33. The lowest BCUT2D eigenvalue weighted by Gasteiger charge is -2.40. The molecule has 0 aromatic rings. The summed E-state index contributed by atoms with van der Waals surface area (Å²) in [5, 5.41) is -3.31. The highest BCUT2D eigenvalue weighted by molar-refractivity contribution is 6.47. The van der Waals surface area contributed by atoms with Gasteiger partial charge in [0, 0.05) is 5.06 Å². The van der Waals surface area contributed by atoms with Crippen LogP contribution in [0.5, 0.6) is 0 Å². The molecule has 0 amide bonds. The highest BCUT2D eigenvalue weighted by atomic mass is 35.5. The van der Waals surface area contributed by atoms with Crippen molar-refractivity contribution in [1.29, 1.82) is 0 Å². The molecule has 0 aliphatic heterocycles. The van der Waals surface area contributed by atoms with E-state index >= 15 is 0 Å². The molecular weight excluding hydrogens is 453 g/mol. The van der Waals surface area contributed by atoms with Crippen LogP contribution < -0.4 is 0 Å². The van der Waals surface area contributed by atoms with Gasteiger partial charge in [0.15, 0.2) is 0 Å². The maximum absolute atomic E-state index is 13.3. The predicted molar refractivity (Wildman–Crippen MR) is 48.4 cm³/mol. The van der Waals surface area contributed by atoms with E-state index in [1.165, 1.54) is 0 Å². The Labute approximate surface area is 136 Å². The summed E-state index contributed by atoms with van der Waals surface area (Å²) in [4.78, 5) is -1.41. The Morgan fingerprint density at radius 1 is 0.520 bits per heavy atom. The van der Waals surface area contributed by atoms with Gasteiger partial charge in [-0.15, -0.1) is 0 Å². The molecule has 0 fully saturated rings. The van der Waals surface area contributed by atoms with Gasteiger partial charge in [0.25, 0.3) is 0 Å². The Morgan fingerprint density at radius 2 is 0.800 bits per heavy atom. The first-order valence-electron chi connectivity index (χ1n) is 4.78. The van der Waals surface area contributed by atoms with Gasteiger partial charge in [-0.05, 0) is 0 Å². The van der Waals surface area contributed by atoms with E-state index in [0.29, 0.717) is 0 Å². The SMILES string of the molecule is FC(F)(F)N(OC(Cl)(Cl)C(F)(F)N(C(F)(F)F)C(F)(F)F)C(F)(F)F. The van der Waals surface area contributed by atoms with Crippen LogP contribution in [-0.2, 0) is 4.84 Å². The summed E-state index contributed by atoms with van der Waals surface area (Å²) in [5.74, 6) is 0. The molecule has 0 spiro atoms. The summed E-state index contributed by atoms with van der Waals surface area (Å²) in [6.07, 6.45) is -27.7. The molecule has 0 bridgehead atoms. The number of nitrogens with zero attached hydrogens (tertiary/aromatic N) is 2. The molecule has 25 heavy (non-hydrogen) atoms. The van der Waals surface area contributed by atoms with Gasteiger partial charge in [0.2, 0.25) is 0 Å². The van der Waals surface area contributed by atoms with Crippen LogP contribution in [-0.4, -0.2) is 45.7 Å². The van der Waals surface area contributed by atoms with Crippen LogP contribution in [0.2, 0.25) is 0 Å². The van der Waals surface area contributed by atoms with Crippen LogP contribution in [0, 0.1) is 0 Å². The Morgan fingerprint density at radius 3 is 1.00 bits per heavy atom. The second kappa shape index (κ2) is 6.58. The maximum atomic E-state index is 13.3. The third-order valence-electron chi connectivity index (χ3n) is 1.80.